The molecule has 0 amide bonds. The molecule has 0 saturated carbocycles. The quantitative estimate of drug-likeness (QED) is 0.678. The van der Waals surface area contributed by atoms with Gasteiger partial charge in [-0.3, -0.25) is 4.98 Å². The summed E-state index contributed by atoms with van der Waals surface area (Å²) in [4.78, 5) is 12.0. The largest absolute Gasteiger partial charge is 0.397 e. The average Bonchev–Trinajstić information content (AvgIpc) is 2.74. The van der Waals surface area contributed by atoms with Crippen LogP contribution >= 0.6 is 15.9 Å². The molecule has 0 spiro atoms. The number of benzene rings is 1. The van der Waals surface area contributed by atoms with E-state index in [-0.39, 0.29) is 0 Å². The maximum absolute atomic E-state index is 5.94. The van der Waals surface area contributed by atoms with Crippen LogP contribution < -0.4 is 5.73 Å². The molecule has 2 aromatic heterocycles. The number of rotatable bonds is 1. The van der Waals surface area contributed by atoms with Gasteiger partial charge >= 0.3 is 0 Å². The molecule has 0 aliphatic carbocycles. The van der Waals surface area contributed by atoms with Crippen molar-refractivity contribution >= 4 is 32.7 Å². The van der Waals surface area contributed by atoms with Gasteiger partial charge in [-0.15, -0.1) is 0 Å². The van der Waals surface area contributed by atoms with Gasteiger partial charge in [0.05, 0.1) is 11.2 Å². The number of H-pyrrole nitrogens is 1. The van der Waals surface area contributed by atoms with Crippen LogP contribution in [0.5, 0.6) is 0 Å². The number of nitrogens with one attached hydrogen (secondary N) is 1. The van der Waals surface area contributed by atoms with Crippen LogP contribution in [0.3, 0.4) is 0 Å². The second-order valence-corrected chi connectivity index (χ2v) is 5.08. The molecular formula is C13H11BrN4. The molecule has 2 heterocycles. The van der Waals surface area contributed by atoms with Crippen molar-refractivity contribution in [1.29, 1.82) is 0 Å². The van der Waals surface area contributed by atoms with E-state index in [0.29, 0.717) is 5.69 Å². The summed E-state index contributed by atoms with van der Waals surface area (Å²) >= 11 is 3.42. The number of imidazole rings is 1. The summed E-state index contributed by atoms with van der Waals surface area (Å²) in [6.45, 7) is 1.96. The van der Waals surface area contributed by atoms with Crippen LogP contribution in [-0.2, 0) is 0 Å². The summed E-state index contributed by atoms with van der Waals surface area (Å²) in [6.07, 6.45) is 1.80. The maximum Gasteiger partial charge on any atom is 0.140 e. The third-order valence-electron chi connectivity index (χ3n) is 2.77. The second kappa shape index (κ2) is 4.10. The zero-order chi connectivity index (χ0) is 12.7. The lowest BCUT2D eigenvalue weighted by Crippen LogP contribution is -1.86. The number of aromatic amines is 1. The zero-order valence-corrected chi connectivity index (χ0v) is 11.3. The van der Waals surface area contributed by atoms with Crippen molar-refractivity contribution in [3.63, 3.8) is 0 Å². The number of anilines is 1. The molecule has 3 aromatic rings. The summed E-state index contributed by atoms with van der Waals surface area (Å²) in [6, 6.07) is 7.76. The highest BCUT2D eigenvalue weighted by Gasteiger charge is 2.08. The number of pyridine rings is 1. The minimum Gasteiger partial charge on any atom is -0.397 e. The van der Waals surface area contributed by atoms with Crippen molar-refractivity contribution in [1.82, 2.24) is 15.0 Å². The molecule has 0 unspecified atom stereocenters. The first-order chi connectivity index (χ1) is 8.63. The topological polar surface area (TPSA) is 67.6 Å². The van der Waals surface area contributed by atoms with Crippen LogP contribution in [0.1, 0.15) is 5.69 Å². The van der Waals surface area contributed by atoms with Gasteiger partial charge in [0.2, 0.25) is 0 Å². The Hall–Kier alpha value is -1.88. The summed E-state index contributed by atoms with van der Waals surface area (Å²) in [5.41, 5.74) is 10.2. The van der Waals surface area contributed by atoms with Gasteiger partial charge < -0.3 is 10.7 Å². The first-order valence-electron chi connectivity index (χ1n) is 5.51. The van der Waals surface area contributed by atoms with Crippen LogP contribution in [0.2, 0.25) is 0 Å². The van der Waals surface area contributed by atoms with Gasteiger partial charge in [0.1, 0.15) is 11.3 Å². The molecule has 0 fully saturated rings. The van der Waals surface area contributed by atoms with E-state index >= 15 is 0 Å². The zero-order valence-electron chi connectivity index (χ0n) is 9.74. The number of fused-ring (bicyclic) bond motifs is 1. The third kappa shape index (κ3) is 1.86. The first-order valence-corrected chi connectivity index (χ1v) is 6.30. The molecule has 1 aromatic carbocycles. The predicted octanol–water partition coefficient (Wildman–Crippen LogP) is 3.28. The van der Waals surface area contributed by atoms with E-state index in [2.05, 4.69) is 30.9 Å². The smallest absolute Gasteiger partial charge is 0.140 e. The van der Waals surface area contributed by atoms with E-state index in [0.717, 1.165) is 32.6 Å². The lowest BCUT2D eigenvalue weighted by Gasteiger charge is -1.95. The third-order valence-corrected chi connectivity index (χ3v) is 3.22. The van der Waals surface area contributed by atoms with E-state index in [4.69, 9.17) is 5.73 Å². The van der Waals surface area contributed by atoms with Crippen molar-refractivity contribution in [3.8, 4) is 11.4 Å². The van der Waals surface area contributed by atoms with E-state index in [1.807, 2.05) is 31.2 Å². The highest BCUT2D eigenvalue weighted by Crippen LogP contribution is 2.27. The highest BCUT2D eigenvalue weighted by atomic mass is 79.9. The Labute approximate surface area is 112 Å². The highest BCUT2D eigenvalue weighted by molar-refractivity contribution is 9.10. The van der Waals surface area contributed by atoms with E-state index in [9.17, 15) is 0 Å². The Bertz CT molecular complexity index is 716. The van der Waals surface area contributed by atoms with Crippen LogP contribution in [0.4, 0.5) is 5.69 Å². The molecular weight excluding hydrogens is 292 g/mol. The Morgan fingerprint density at radius 1 is 1.28 bits per heavy atom. The minimum absolute atomic E-state index is 0.655. The number of hydrogen-bond acceptors (Lipinski definition) is 3. The SMILES string of the molecule is Cc1ccc(-c2nc3c(N)cc(Br)cc3[nH]2)cn1. The number of nitrogen functional groups attached to an aromatic ring is 1. The van der Waals surface area contributed by atoms with Gasteiger partial charge in [0.25, 0.3) is 0 Å². The number of halogens is 1. The van der Waals surface area contributed by atoms with E-state index in [1.165, 1.54) is 0 Å². The summed E-state index contributed by atoms with van der Waals surface area (Å²) in [5, 5.41) is 0. The number of nitrogens with zero attached hydrogens (tertiary/aromatic N) is 2. The molecule has 0 atom stereocenters. The van der Waals surface area contributed by atoms with Crippen molar-refractivity contribution < 1.29 is 0 Å². The van der Waals surface area contributed by atoms with Gasteiger partial charge in [0.15, 0.2) is 0 Å². The number of nitrogens with two attached hydrogens (primary N) is 1. The Morgan fingerprint density at radius 3 is 2.83 bits per heavy atom. The molecule has 0 radical (unpaired) electrons. The fourth-order valence-electron chi connectivity index (χ4n) is 1.85. The molecule has 3 N–H and O–H groups in total. The van der Waals surface area contributed by atoms with Crippen molar-refractivity contribution in [2.45, 2.75) is 6.92 Å². The molecule has 18 heavy (non-hydrogen) atoms. The van der Waals surface area contributed by atoms with Gasteiger partial charge in [-0.1, -0.05) is 15.9 Å². The van der Waals surface area contributed by atoms with Crippen LogP contribution in [0.25, 0.3) is 22.4 Å². The molecule has 3 rings (SSSR count). The summed E-state index contributed by atoms with van der Waals surface area (Å²) in [7, 11) is 0. The fraction of sp³-hybridized carbons (Fsp3) is 0.0769. The normalized spacial score (nSPS) is 11.0. The second-order valence-electron chi connectivity index (χ2n) is 4.16. The Balaban J connectivity index is 2.19. The van der Waals surface area contributed by atoms with E-state index < -0.39 is 0 Å². The number of aromatic nitrogens is 3. The van der Waals surface area contributed by atoms with Gasteiger partial charge in [0, 0.05) is 21.9 Å². The fourth-order valence-corrected chi connectivity index (χ4v) is 2.33. The average molecular weight is 303 g/mol. The molecule has 0 bridgehead atoms. The monoisotopic (exact) mass is 302 g/mol. The van der Waals surface area contributed by atoms with Gasteiger partial charge in [-0.05, 0) is 31.2 Å². The minimum atomic E-state index is 0.655. The molecule has 4 nitrogen and oxygen atoms in total. The lowest BCUT2D eigenvalue weighted by atomic mass is 10.2. The van der Waals surface area contributed by atoms with Gasteiger partial charge in [-0.25, -0.2) is 4.98 Å². The Morgan fingerprint density at radius 2 is 2.11 bits per heavy atom. The maximum atomic E-state index is 5.94. The first kappa shape index (κ1) is 11.2. The van der Waals surface area contributed by atoms with Crippen LogP contribution in [0, 0.1) is 6.92 Å². The molecule has 0 aliphatic heterocycles. The molecule has 5 heteroatoms. The standard InChI is InChI=1S/C13H11BrN4/c1-7-2-3-8(6-16-7)13-17-11-5-9(14)4-10(15)12(11)18-13/h2-6H,15H2,1H3,(H,17,18). The molecule has 90 valence electrons. The van der Waals surface area contributed by atoms with Gasteiger partial charge in [-0.2, -0.15) is 0 Å². The summed E-state index contributed by atoms with van der Waals surface area (Å²) < 4.78 is 0.935. The summed E-state index contributed by atoms with van der Waals surface area (Å²) in [5.74, 6) is 0.780. The van der Waals surface area contributed by atoms with Crippen molar-refractivity contribution in [3.05, 3.63) is 40.6 Å². The molecule has 0 saturated heterocycles. The van der Waals surface area contributed by atoms with Crippen LogP contribution in [-0.4, -0.2) is 15.0 Å². The predicted molar refractivity (Wildman–Crippen MR) is 76.2 cm³/mol. The van der Waals surface area contributed by atoms with Crippen LogP contribution in [0.15, 0.2) is 34.9 Å². The van der Waals surface area contributed by atoms with E-state index in [1.54, 1.807) is 6.20 Å². The lowest BCUT2D eigenvalue weighted by molar-refractivity contribution is 1.19. The van der Waals surface area contributed by atoms with Crippen molar-refractivity contribution in [2.75, 3.05) is 5.73 Å². The molecule has 0 aliphatic rings. The number of aryl methyl sites for hydroxylation is 1. The van der Waals surface area contributed by atoms with Crippen molar-refractivity contribution in [2.24, 2.45) is 0 Å². The Kier molecular flexibility index (Phi) is 2.56. The number of hydrogen-bond donors (Lipinski definition) is 2.